The SMILES string of the molecule is CNC(=O)C(Cl)CCN(C)C(=O)OC(C)(C)C. The van der Waals surface area contributed by atoms with Gasteiger partial charge in [0.15, 0.2) is 0 Å². The predicted octanol–water partition coefficient (Wildman–Crippen LogP) is 1.60. The first-order valence-electron chi connectivity index (χ1n) is 5.47. The summed E-state index contributed by atoms with van der Waals surface area (Å²) in [4.78, 5) is 24.1. The van der Waals surface area contributed by atoms with Crippen molar-refractivity contribution in [2.24, 2.45) is 0 Å². The largest absolute Gasteiger partial charge is 0.444 e. The molecule has 0 saturated heterocycles. The summed E-state index contributed by atoms with van der Waals surface area (Å²) in [6.07, 6.45) is -0.0324. The molecule has 5 nitrogen and oxygen atoms in total. The van der Waals surface area contributed by atoms with Crippen molar-refractivity contribution in [3.8, 4) is 0 Å². The zero-order chi connectivity index (χ0) is 13.6. The molecular weight excluding hydrogens is 244 g/mol. The van der Waals surface area contributed by atoms with Gasteiger partial charge >= 0.3 is 6.09 Å². The van der Waals surface area contributed by atoms with Gasteiger partial charge in [-0.3, -0.25) is 4.79 Å². The minimum Gasteiger partial charge on any atom is -0.444 e. The molecule has 0 aromatic carbocycles. The van der Waals surface area contributed by atoms with Crippen molar-refractivity contribution in [2.45, 2.75) is 38.2 Å². The van der Waals surface area contributed by atoms with Crippen molar-refractivity contribution in [3.05, 3.63) is 0 Å². The van der Waals surface area contributed by atoms with Crippen LogP contribution in [0, 0.1) is 0 Å². The maximum atomic E-state index is 11.6. The van der Waals surface area contributed by atoms with Crippen LogP contribution in [0.25, 0.3) is 0 Å². The fraction of sp³-hybridized carbons (Fsp3) is 0.818. The van der Waals surface area contributed by atoms with Crippen LogP contribution in [-0.4, -0.2) is 48.5 Å². The molecule has 0 bridgehead atoms. The van der Waals surface area contributed by atoms with E-state index in [1.54, 1.807) is 27.8 Å². The van der Waals surface area contributed by atoms with Crippen LogP contribution in [0.4, 0.5) is 4.79 Å². The van der Waals surface area contributed by atoms with Gasteiger partial charge in [-0.15, -0.1) is 11.6 Å². The second-order valence-corrected chi connectivity index (χ2v) is 5.30. The number of halogens is 1. The lowest BCUT2D eigenvalue weighted by molar-refractivity contribution is -0.120. The highest BCUT2D eigenvalue weighted by molar-refractivity contribution is 6.30. The summed E-state index contributed by atoms with van der Waals surface area (Å²) in [5.41, 5.74) is -0.521. The van der Waals surface area contributed by atoms with Crippen LogP contribution < -0.4 is 5.32 Å². The topological polar surface area (TPSA) is 58.6 Å². The molecule has 0 spiro atoms. The molecule has 1 unspecified atom stereocenters. The molecule has 1 atom stereocenters. The third kappa shape index (κ3) is 7.05. The van der Waals surface area contributed by atoms with Crippen LogP contribution in [0.2, 0.25) is 0 Å². The molecular formula is C11H21ClN2O3. The number of rotatable bonds is 4. The lowest BCUT2D eigenvalue weighted by Crippen LogP contribution is -2.37. The number of hydrogen-bond donors (Lipinski definition) is 1. The standard InChI is InChI=1S/C11H21ClN2O3/c1-11(2,3)17-10(16)14(5)7-6-8(12)9(15)13-4/h8H,6-7H2,1-5H3,(H,13,15). The van der Waals surface area contributed by atoms with Gasteiger partial charge in [0.2, 0.25) is 5.91 Å². The Morgan fingerprint density at radius 1 is 1.41 bits per heavy atom. The molecule has 1 N–H and O–H groups in total. The zero-order valence-corrected chi connectivity index (χ0v) is 11.8. The fourth-order valence-electron chi connectivity index (χ4n) is 1.03. The first-order valence-corrected chi connectivity index (χ1v) is 5.91. The monoisotopic (exact) mass is 264 g/mol. The number of nitrogens with one attached hydrogen (secondary N) is 1. The van der Waals surface area contributed by atoms with E-state index in [-0.39, 0.29) is 5.91 Å². The van der Waals surface area contributed by atoms with E-state index in [1.807, 2.05) is 0 Å². The van der Waals surface area contributed by atoms with Gasteiger partial charge in [0, 0.05) is 20.6 Å². The van der Waals surface area contributed by atoms with E-state index in [4.69, 9.17) is 16.3 Å². The van der Waals surface area contributed by atoms with E-state index in [1.165, 1.54) is 11.9 Å². The second kappa shape index (κ2) is 6.69. The smallest absolute Gasteiger partial charge is 0.410 e. The minimum absolute atomic E-state index is 0.246. The summed E-state index contributed by atoms with van der Waals surface area (Å²) in [5, 5.41) is 1.82. The number of carbonyl (C=O) groups is 2. The quantitative estimate of drug-likeness (QED) is 0.785. The maximum absolute atomic E-state index is 11.6. The Morgan fingerprint density at radius 3 is 2.35 bits per heavy atom. The van der Waals surface area contributed by atoms with E-state index in [0.717, 1.165) is 0 Å². The highest BCUT2D eigenvalue weighted by atomic mass is 35.5. The van der Waals surface area contributed by atoms with Crippen molar-refractivity contribution in [1.29, 1.82) is 0 Å². The van der Waals surface area contributed by atoms with E-state index >= 15 is 0 Å². The third-order valence-electron chi connectivity index (χ3n) is 1.95. The number of amides is 2. The van der Waals surface area contributed by atoms with Gasteiger partial charge in [0.05, 0.1) is 0 Å². The van der Waals surface area contributed by atoms with Gasteiger partial charge in [-0.2, -0.15) is 0 Å². The van der Waals surface area contributed by atoms with Gasteiger partial charge in [-0.05, 0) is 27.2 Å². The number of nitrogens with zero attached hydrogens (tertiary/aromatic N) is 1. The Balaban J connectivity index is 4.06. The van der Waals surface area contributed by atoms with E-state index < -0.39 is 17.1 Å². The van der Waals surface area contributed by atoms with E-state index in [0.29, 0.717) is 13.0 Å². The number of alkyl halides is 1. The molecule has 17 heavy (non-hydrogen) atoms. The van der Waals surface area contributed by atoms with Crippen LogP contribution in [0.1, 0.15) is 27.2 Å². The Kier molecular flexibility index (Phi) is 6.31. The van der Waals surface area contributed by atoms with E-state index in [9.17, 15) is 9.59 Å². The molecule has 0 saturated carbocycles. The number of ether oxygens (including phenoxy) is 1. The summed E-state index contributed by atoms with van der Waals surface area (Å²) < 4.78 is 5.16. The van der Waals surface area contributed by atoms with Crippen molar-refractivity contribution in [2.75, 3.05) is 20.6 Å². The van der Waals surface area contributed by atoms with Crippen molar-refractivity contribution >= 4 is 23.6 Å². The molecule has 0 fully saturated rings. The van der Waals surface area contributed by atoms with Crippen LogP contribution in [-0.2, 0) is 9.53 Å². The van der Waals surface area contributed by atoms with Crippen molar-refractivity contribution in [3.63, 3.8) is 0 Å². The first-order chi connectivity index (χ1) is 7.67. The highest BCUT2D eigenvalue weighted by Gasteiger charge is 2.21. The Hall–Kier alpha value is -0.970. The van der Waals surface area contributed by atoms with Crippen LogP contribution in [0.15, 0.2) is 0 Å². The molecule has 0 heterocycles. The zero-order valence-electron chi connectivity index (χ0n) is 11.0. The van der Waals surface area contributed by atoms with Crippen LogP contribution >= 0.6 is 11.6 Å². The molecule has 0 radical (unpaired) electrons. The van der Waals surface area contributed by atoms with Gasteiger partial charge < -0.3 is 15.0 Å². The normalized spacial score (nSPS) is 12.8. The number of carbonyl (C=O) groups excluding carboxylic acids is 2. The van der Waals surface area contributed by atoms with Gasteiger partial charge in [-0.25, -0.2) is 4.79 Å². The first kappa shape index (κ1) is 16.0. The lowest BCUT2D eigenvalue weighted by Gasteiger charge is -2.25. The lowest BCUT2D eigenvalue weighted by atomic mass is 10.2. The summed E-state index contributed by atoms with van der Waals surface area (Å²) in [7, 11) is 3.14. The maximum Gasteiger partial charge on any atom is 0.410 e. The average molecular weight is 265 g/mol. The van der Waals surface area contributed by atoms with Gasteiger partial charge in [0.25, 0.3) is 0 Å². The molecule has 0 rings (SSSR count). The summed E-state index contributed by atoms with van der Waals surface area (Å²) >= 11 is 5.82. The van der Waals surface area contributed by atoms with Gasteiger partial charge in [-0.1, -0.05) is 0 Å². The van der Waals surface area contributed by atoms with Gasteiger partial charge in [0.1, 0.15) is 11.0 Å². The Morgan fingerprint density at radius 2 is 1.94 bits per heavy atom. The van der Waals surface area contributed by atoms with E-state index in [2.05, 4.69) is 5.32 Å². The average Bonchev–Trinajstić information content (AvgIpc) is 2.21. The summed E-state index contributed by atoms with van der Waals surface area (Å²) in [6.45, 7) is 5.77. The molecule has 100 valence electrons. The van der Waals surface area contributed by atoms with Crippen molar-refractivity contribution in [1.82, 2.24) is 10.2 Å². The molecule has 6 heteroatoms. The Bertz CT molecular complexity index is 276. The molecule has 0 aliphatic carbocycles. The second-order valence-electron chi connectivity index (χ2n) is 4.77. The number of hydrogen-bond acceptors (Lipinski definition) is 3. The Labute approximate surface area is 107 Å². The molecule has 0 aromatic rings. The van der Waals surface area contributed by atoms with Crippen molar-refractivity contribution < 1.29 is 14.3 Å². The molecule has 2 amide bonds. The molecule has 0 aliphatic rings. The van der Waals surface area contributed by atoms with Crippen LogP contribution in [0.5, 0.6) is 0 Å². The summed E-state index contributed by atoms with van der Waals surface area (Å²) in [5.74, 6) is -0.246. The highest BCUT2D eigenvalue weighted by Crippen LogP contribution is 2.10. The predicted molar refractivity (Wildman–Crippen MR) is 67.2 cm³/mol. The fourth-order valence-corrected chi connectivity index (χ4v) is 1.23. The minimum atomic E-state index is -0.634. The van der Waals surface area contributed by atoms with Crippen LogP contribution in [0.3, 0.4) is 0 Å². The molecule has 0 aliphatic heterocycles. The molecule has 0 aromatic heterocycles. The summed E-state index contributed by atoms with van der Waals surface area (Å²) in [6, 6.07) is 0. The third-order valence-corrected chi connectivity index (χ3v) is 2.37.